The van der Waals surface area contributed by atoms with Gasteiger partial charge in [-0.1, -0.05) is 0 Å². The molecular formula is C11H18N2O4S. The molecule has 18 heavy (non-hydrogen) atoms. The summed E-state index contributed by atoms with van der Waals surface area (Å²) in [5.41, 5.74) is 0. The van der Waals surface area contributed by atoms with Gasteiger partial charge in [-0.2, -0.15) is 0 Å². The summed E-state index contributed by atoms with van der Waals surface area (Å²) in [6, 6.07) is -0.939. The molecule has 0 aromatic rings. The molecule has 2 fully saturated rings. The number of aliphatic hydroxyl groups excluding tert-OH is 1. The van der Waals surface area contributed by atoms with Gasteiger partial charge in [-0.25, -0.2) is 9.59 Å². The van der Waals surface area contributed by atoms with Crippen LogP contribution < -0.4 is 0 Å². The van der Waals surface area contributed by atoms with Gasteiger partial charge in [0.25, 0.3) is 0 Å². The van der Waals surface area contributed by atoms with Gasteiger partial charge >= 0.3 is 12.0 Å². The third kappa shape index (κ3) is 2.72. The fourth-order valence-electron chi connectivity index (χ4n) is 2.37. The number of carbonyl (C=O) groups is 2. The first-order valence-electron chi connectivity index (χ1n) is 5.99. The summed E-state index contributed by atoms with van der Waals surface area (Å²) in [7, 11) is 1.69. The molecule has 1 unspecified atom stereocenters. The monoisotopic (exact) mass is 274 g/mol. The molecule has 0 spiro atoms. The van der Waals surface area contributed by atoms with Crippen molar-refractivity contribution in [3.05, 3.63) is 0 Å². The van der Waals surface area contributed by atoms with E-state index in [1.807, 2.05) is 0 Å². The fraction of sp³-hybridized carbons (Fsp3) is 0.818. The zero-order valence-corrected chi connectivity index (χ0v) is 11.1. The maximum atomic E-state index is 12.1. The van der Waals surface area contributed by atoms with E-state index in [4.69, 9.17) is 5.11 Å². The van der Waals surface area contributed by atoms with Crippen LogP contribution in [0.3, 0.4) is 0 Å². The van der Waals surface area contributed by atoms with Crippen LogP contribution in [0.4, 0.5) is 4.79 Å². The summed E-state index contributed by atoms with van der Waals surface area (Å²) in [5.74, 6) is 0.290. The number of carbonyl (C=O) groups excluding carboxylic acids is 1. The quantitative estimate of drug-likeness (QED) is 0.772. The van der Waals surface area contributed by atoms with E-state index in [1.54, 1.807) is 11.9 Å². The standard InChI is InChI=1S/C11H18N2O4S/c1-12(4-7-2-8(14)3-7)11(17)13-6-18-5-9(13)10(15)16/h7-9,14H,2-6H2,1H3,(H,15,16). The number of aliphatic carboxylic acids is 1. The minimum Gasteiger partial charge on any atom is -0.480 e. The molecule has 0 radical (unpaired) electrons. The molecule has 1 aliphatic carbocycles. The van der Waals surface area contributed by atoms with Gasteiger partial charge < -0.3 is 20.0 Å². The minimum atomic E-state index is -0.944. The van der Waals surface area contributed by atoms with Gasteiger partial charge in [0, 0.05) is 19.3 Å². The first-order valence-corrected chi connectivity index (χ1v) is 7.15. The minimum absolute atomic E-state index is 0.228. The van der Waals surface area contributed by atoms with E-state index in [1.165, 1.54) is 16.7 Å². The van der Waals surface area contributed by atoms with E-state index in [2.05, 4.69) is 0 Å². The van der Waals surface area contributed by atoms with Crippen LogP contribution in [0, 0.1) is 5.92 Å². The summed E-state index contributed by atoms with van der Waals surface area (Å²) >= 11 is 1.46. The Hall–Kier alpha value is -0.950. The number of urea groups is 1. The third-order valence-corrected chi connectivity index (χ3v) is 4.49. The normalized spacial score (nSPS) is 31.0. The lowest BCUT2D eigenvalue weighted by Gasteiger charge is -2.36. The molecule has 1 saturated heterocycles. The van der Waals surface area contributed by atoms with Crippen molar-refractivity contribution in [1.29, 1.82) is 0 Å². The van der Waals surface area contributed by atoms with Crippen molar-refractivity contribution in [3.8, 4) is 0 Å². The molecule has 0 aromatic carbocycles. The lowest BCUT2D eigenvalue weighted by molar-refractivity contribution is -0.140. The fourth-order valence-corrected chi connectivity index (χ4v) is 3.51. The van der Waals surface area contributed by atoms with Gasteiger partial charge in [0.15, 0.2) is 0 Å². The van der Waals surface area contributed by atoms with E-state index in [9.17, 15) is 14.7 Å². The second-order valence-corrected chi connectivity index (χ2v) is 5.98. The van der Waals surface area contributed by atoms with Crippen LogP contribution >= 0.6 is 11.8 Å². The number of thioether (sulfide) groups is 1. The number of hydrogen-bond donors (Lipinski definition) is 2. The molecule has 2 N–H and O–H groups in total. The van der Waals surface area contributed by atoms with Gasteiger partial charge in [-0.3, -0.25) is 0 Å². The summed E-state index contributed by atoms with van der Waals surface area (Å²) in [4.78, 5) is 26.1. The highest BCUT2D eigenvalue weighted by atomic mass is 32.2. The Kier molecular flexibility index (Phi) is 4.01. The number of aliphatic hydroxyl groups is 1. The molecule has 1 saturated carbocycles. The van der Waals surface area contributed by atoms with Crippen molar-refractivity contribution < 1.29 is 19.8 Å². The molecule has 1 aliphatic heterocycles. The summed E-state index contributed by atoms with van der Waals surface area (Å²) < 4.78 is 0. The molecule has 102 valence electrons. The van der Waals surface area contributed by atoms with Crippen molar-refractivity contribution in [2.24, 2.45) is 5.92 Å². The molecule has 1 atom stereocenters. The van der Waals surface area contributed by atoms with Crippen molar-refractivity contribution in [1.82, 2.24) is 9.80 Å². The third-order valence-electron chi connectivity index (χ3n) is 3.48. The molecule has 0 aromatic heterocycles. The second-order valence-electron chi connectivity index (χ2n) is 4.98. The van der Waals surface area contributed by atoms with E-state index in [0.717, 1.165) is 12.8 Å². The molecule has 6 nitrogen and oxygen atoms in total. The Morgan fingerprint density at radius 3 is 2.67 bits per heavy atom. The number of carboxylic acid groups (broad SMARTS) is 1. The van der Waals surface area contributed by atoms with E-state index in [-0.39, 0.29) is 12.1 Å². The zero-order chi connectivity index (χ0) is 13.3. The highest BCUT2D eigenvalue weighted by Gasteiger charge is 2.37. The Balaban J connectivity index is 1.87. The number of rotatable bonds is 3. The molecule has 2 amide bonds. The first-order chi connectivity index (χ1) is 8.49. The Morgan fingerprint density at radius 2 is 2.11 bits per heavy atom. The second kappa shape index (κ2) is 5.36. The highest BCUT2D eigenvalue weighted by molar-refractivity contribution is 7.99. The molecule has 1 heterocycles. The zero-order valence-electron chi connectivity index (χ0n) is 10.3. The van der Waals surface area contributed by atoms with Gasteiger partial charge in [-0.15, -0.1) is 11.8 Å². The Morgan fingerprint density at radius 1 is 1.44 bits per heavy atom. The molecule has 0 bridgehead atoms. The number of carboxylic acids is 1. The number of nitrogens with zero attached hydrogens (tertiary/aromatic N) is 2. The van der Waals surface area contributed by atoms with Crippen LogP contribution in [0.2, 0.25) is 0 Å². The van der Waals surface area contributed by atoms with Crippen molar-refractivity contribution in [2.75, 3.05) is 25.2 Å². The summed E-state index contributed by atoms with van der Waals surface area (Å²) in [6.07, 6.45) is 1.23. The average Bonchev–Trinajstić information content (AvgIpc) is 2.74. The molecule has 2 aliphatic rings. The summed E-state index contributed by atoms with van der Waals surface area (Å²) in [6.45, 7) is 0.587. The SMILES string of the molecule is CN(CC1CC(O)C1)C(=O)N1CSCC1C(=O)O. The number of amides is 2. The maximum absolute atomic E-state index is 12.1. The highest BCUT2D eigenvalue weighted by Crippen LogP contribution is 2.28. The van der Waals surface area contributed by atoms with Crippen molar-refractivity contribution in [2.45, 2.75) is 25.0 Å². The van der Waals surface area contributed by atoms with E-state index in [0.29, 0.717) is 24.1 Å². The van der Waals surface area contributed by atoms with Crippen molar-refractivity contribution in [3.63, 3.8) is 0 Å². The van der Waals surface area contributed by atoms with E-state index >= 15 is 0 Å². The molecule has 2 rings (SSSR count). The lowest BCUT2D eigenvalue weighted by atomic mass is 9.82. The predicted molar refractivity (Wildman–Crippen MR) is 67.3 cm³/mol. The molecule has 7 heteroatoms. The van der Waals surface area contributed by atoms with Crippen LogP contribution in [0.15, 0.2) is 0 Å². The average molecular weight is 274 g/mol. The topological polar surface area (TPSA) is 81.1 Å². The van der Waals surface area contributed by atoms with Gasteiger partial charge in [-0.05, 0) is 18.8 Å². The van der Waals surface area contributed by atoms with Crippen LogP contribution in [0.1, 0.15) is 12.8 Å². The summed E-state index contributed by atoms with van der Waals surface area (Å²) in [5, 5.41) is 18.2. The van der Waals surface area contributed by atoms with Gasteiger partial charge in [0.05, 0.1) is 12.0 Å². The Bertz CT molecular complexity index is 346. The van der Waals surface area contributed by atoms with Crippen LogP contribution in [-0.2, 0) is 4.79 Å². The Labute approximate surface area is 110 Å². The van der Waals surface area contributed by atoms with Crippen molar-refractivity contribution >= 4 is 23.8 Å². The van der Waals surface area contributed by atoms with Gasteiger partial charge in [0.1, 0.15) is 6.04 Å². The van der Waals surface area contributed by atoms with Crippen LogP contribution in [-0.4, -0.2) is 69.4 Å². The first kappa shape index (κ1) is 13.5. The van der Waals surface area contributed by atoms with E-state index < -0.39 is 12.0 Å². The largest absolute Gasteiger partial charge is 0.480 e. The van der Waals surface area contributed by atoms with Crippen LogP contribution in [0.25, 0.3) is 0 Å². The molecular weight excluding hydrogens is 256 g/mol. The van der Waals surface area contributed by atoms with Gasteiger partial charge in [0.2, 0.25) is 0 Å². The maximum Gasteiger partial charge on any atom is 0.327 e. The lowest BCUT2D eigenvalue weighted by Crippen LogP contribution is -2.49. The predicted octanol–water partition coefficient (Wildman–Crippen LogP) is 0.269. The van der Waals surface area contributed by atoms with Crippen LogP contribution in [0.5, 0.6) is 0 Å². The smallest absolute Gasteiger partial charge is 0.327 e. The number of hydrogen-bond acceptors (Lipinski definition) is 4.